The van der Waals surface area contributed by atoms with Gasteiger partial charge in [-0.15, -0.1) is 0 Å². The summed E-state index contributed by atoms with van der Waals surface area (Å²) in [5.74, 6) is 0. The van der Waals surface area contributed by atoms with Crippen molar-refractivity contribution in [3.8, 4) is 0 Å². The van der Waals surface area contributed by atoms with Crippen LogP contribution in [-0.4, -0.2) is 25.2 Å². The van der Waals surface area contributed by atoms with Crippen LogP contribution in [0.1, 0.15) is 31.4 Å². The van der Waals surface area contributed by atoms with Crippen LogP contribution in [0.3, 0.4) is 0 Å². The largest absolute Gasteiger partial charge is 0.382 e. The maximum absolute atomic E-state index is 10.8. The number of rotatable bonds is 9. The van der Waals surface area contributed by atoms with Gasteiger partial charge in [0.05, 0.1) is 24.2 Å². The molecule has 0 saturated heterocycles. The fourth-order valence-corrected chi connectivity index (χ4v) is 1.72. The quantitative estimate of drug-likeness (QED) is 0.423. The van der Waals surface area contributed by atoms with E-state index in [0.717, 1.165) is 18.4 Å². The average molecular weight is 268 g/mol. The van der Waals surface area contributed by atoms with Crippen molar-refractivity contribution in [2.24, 2.45) is 0 Å². The lowest BCUT2D eigenvalue weighted by molar-refractivity contribution is -0.384. The number of hydrogen-bond donors (Lipinski definition) is 1. The first-order chi connectivity index (χ1) is 9.19. The molecule has 0 aliphatic heterocycles. The van der Waals surface area contributed by atoms with Gasteiger partial charge in [0, 0.05) is 19.2 Å². The molecule has 106 valence electrons. The van der Waals surface area contributed by atoms with E-state index in [0.29, 0.717) is 13.2 Å². The lowest BCUT2D eigenvalue weighted by atomic mass is 10.0. The monoisotopic (exact) mass is 268 g/mol. The third-order valence-corrected chi connectivity index (χ3v) is 2.68. The number of methoxy groups -OCH3 is 1. The molecule has 0 aliphatic rings. The van der Waals surface area contributed by atoms with Gasteiger partial charge < -0.3 is 4.74 Å². The summed E-state index contributed by atoms with van der Waals surface area (Å²) in [5.41, 5.74) is 3.89. The number of hydroxylamine groups is 1. The molecule has 1 unspecified atom stereocenters. The Morgan fingerprint density at radius 3 is 2.84 bits per heavy atom. The van der Waals surface area contributed by atoms with E-state index in [4.69, 9.17) is 9.57 Å². The van der Waals surface area contributed by atoms with Crippen LogP contribution >= 0.6 is 0 Å². The normalized spacial score (nSPS) is 12.3. The minimum atomic E-state index is -0.391. The molecule has 1 rings (SSSR count). The van der Waals surface area contributed by atoms with Crippen molar-refractivity contribution >= 4 is 5.69 Å². The van der Waals surface area contributed by atoms with Crippen LogP contribution in [0.25, 0.3) is 0 Å². The molecule has 6 nitrogen and oxygen atoms in total. The molecular formula is C13H20N2O4. The van der Waals surface area contributed by atoms with E-state index in [2.05, 4.69) is 12.4 Å². The highest BCUT2D eigenvalue weighted by molar-refractivity contribution is 5.35. The topological polar surface area (TPSA) is 73.6 Å². The van der Waals surface area contributed by atoms with E-state index in [1.54, 1.807) is 19.2 Å². The van der Waals surface area contributed by atoms with Crippen molar-refractivity contribution in [1.29, 1.82) is 0 Å². The fourth-order valence-electron chi connectivity index (χ4n) is 1.72. The lowest BCUT2D eigenvalue weighted by Crippen LogP contribution is -2.23. The molecule has 0 spiro atoms. The molecule has 1 atom stereocenters. The van der Waals surface area contributed by atoms with E-state index in [-0.39, 0.29) is 11.7 Å². The molecule has 19 heavy (non-hydrogen) atoms. The first-order valence-corrected chi connectivity index (χ1v) is 6.29. The number of nitrogens with zero attached hydrogens (tertiary/aromatic N) is 1. The van der Waals surface area contributed by atoms with Crippen LogP contribution in [-0.2, 0) is 9.57 Å². The number of nitro groups is 1. The van der Waals surface area contributed by atoms with Gasteiger partial charge in [-0.25, -0.2) is 0 Å². The van der Waals surface area contributed by atoms with Gasteiger partial charge in [-0.1, -0.05) is 25.5 Å². The Hall–Kier alpha value is -1.50. The van der Waals surface area contributed by atoms with Crippen LogP contribution in [0.15, 0.2) is 24.3 Å². The molecule has 1 N–H and O–H groups in total. The first-order valence-electron chi connectivity index (χ1n) is 6.29. The Morgan fingerprint density at radius 2 is 2.21 bits per heavy atom. The Labute approximate surface area is 112 Å². The summed E-state index contributed by atoms with van der Waals surface area (Å²) >= 11 is 0. The molecule has 6 heteroatoms. The highest BCUT2D eigenvalue weighted by Gasteiger charge is 2.14. The van der Waals surface area contributed by atoms with E-state index in [1.807, 2.05) is 6.07 Å². The number of non-ortho nitro benzene ring substituents is 1. The van der Waals surface area contributed by atoms with Gasteiger partial charge in [-0.05, 0) is 12.0 Å². The predicted molar refractivity (Wildman–Crippen MR) is 71.7 cm³/mol. The average Bonchev–Trinajstić information content (AvgIpc) is 2.42. The fraction of sp³-hybridized carbons (Fsp3) is 0.538. The van der Waals surface area contributed by atoms with Crippen molar-refractivity contribution < 1.29 is 14.5 Å². The van der Waals surface area contributed by atoms with Gasteiger partial charge >= 0.3 is 0 Å². The number of nitro benzene ring substituents is 1. The van der Waals surface area contributed by atoms with Crippen molar-refractivity contribution in [1.82, 2.24) is 5.48 Å². The second-order valence-electron chi connectivity index (χ2n) is 4.15. The highest BCUT2D eigenvalue weighted by Crippen LogP contribution is 2.22. The maximum atomic E-state index is 10.8. The van der Waals surface area contributed by atoms with E-state index >= 15 is 0 Å². The standard InChI is InChI=1S/C13H20N2O4/c1-3-5-13(14-19-9-8-18-2)11-6-4-7-12(10-11)15(16)17/h4,6-7,10,13-14H,3,5,8-9H2,1-2H3. The summed E-state index contributed by atoms with van der Waals surface area (Å²) in [6.07, 6.45) is 1.79. The van der Waals surface area contributed by atoms with Crippen LogP contribution in [0.2, 0.25) is 0 Å². The summed E-state index contributed by atoms with van der Waals surface area (Å²) < 4.78 is 4.89. The molecule has 0 heterocycles. The first kappa shape index (κ1) is 15.6. The van der Waals surface area contributed by atoms with Gasteiger partial charge in [0.25, 0.3) is 5.69 Å². The van der Waals surface area contributed by atoms with Gasteiger partial charge in [0.15, 0.2) is 0 Å². The Kier molecular flexibility index (Phi) is 7.02. The molecule has 0 amide bonds. The third kappa shape index (κ3) is 5.34. The zero-order chi connectivity index (χ0) is 14.1. The van der Waals surface area contributed by atoms with Crippen molar-refractivity contribution in [2.75, 3.05) is 20.3 Å². The van der Waals surface area contributed by atoms with Crippen LogP contribution in [0.5, 0.6) is 0 Å². The lowest BCUT2D eigenvalue weighted by Gasteiger charge is -2.18. The van der Waals surface area contributed by atoms with Crippen molar-refractivity contribution in [2.45, 2.75) is 25.8 Å². The number of ether oxygens (including phenoxy) is 1. The Balaban J connectivity index is 2.68. The summed E-state index contributed by atoms with van der Waals surface area (Å²) in [6.45, 7) is 2.99. The highest BCUT2D eigenvalue weighted by atomic mass is 16.7. The number of nitrogens with one attached hydrogen (secondary N) is 1. The predicted octanol–water partition coefficient (Wildman–Crippen LogP) is 2.60. The zero-order valence-electron chi connectivity index (χ0n) is 11.3. The van der Waals surface area contributed by atoms with Gasteiger partial charge in [-0.2, -0.15) is 5.48 Å². The summed E-state index contributed by atoms with van der Waals surface area (Å²) in [6, 6.07) is 6.56. The van der Waals surface area contributed by atoms with Crippen molar-refractivity contribution in [3.05, 3.63) is 39.9 Å². The zero-order valence-corrected chi connectivity index (χ0v) is 11.3. The molecule has 0 aliphatic carbocycles. The molecule has 1 aromatic carbocycles. The van der Waals surface area contributed by atoms with Crippen LogP contribution in [0, 0.1) is 10.1 Å². The second-order valence-corrected chi connectivity index (χ2v) is 4.15. The number of benzene rings is 1. The minimum absolute atomic E-state index is 0.0539. The smallest absolute Gasteiger partial charge is 0.269 e. The molecule has 0 bridgehead atoms. The van der Waals surface area contributed by atoms with E-state index < -0.39 is 4.92 Å². The molecule has 0 saturated carbocycles. The van der Waals surface area contributed by atoms with Crippen molar-refractivity contribution in [3.63, 3.8) is 0 Å². The Morgan fingerprint density at radius 1 is 1.42 bits per heavy atom. The summed E-state index contributed by atoms with van der Waals surface area (Å²) in [7, 11) is 1.60. The van der Waals surface area contributed by atoms with Gasteiger partial charge in [-0.3, -0.25) is 15.0 Å². The van der Waals surface area contributed by atoms with Crippen LogP contribution < -0.4 is 5.48 Å². The summed E-state index contributed by atoms with van der Waals surface area (Å²) in [4.78, 5) is 15.7. The molecule has 1 aromatic rings. The van der Waals surface area contributed by atoms with Crippen LogP contribution in [0.4, 0.5) is 5.69 Å². The van der Waals surface area contributed by atoms with E-state index in [1.165, 1.54) is 6.07 Å². The SMILES string of the molecule is CCCC(NOCCOC)c1cccc([N+](=O)[O-])c1. The molecule has 0 fully saturated rings. The minimum Gasteiger partial charge on any atom is -0.382 e. The maximum Gasteiger partial charge on any atom is 0.269 e. The molecular weight excluding hydrogens is 248 g/mol. The second kappa shape index (κ2) is 8.58. The number of hydrogen-bond acceptors (Lipinski definition) is 5. The third-order valence-electron chi connectivity index (χ3n) is 2.68. The van der Waals surface area contributed by atoms with Gasteiger partial charge in [0.1, 0.15) is 0 Å². The Bertz CT molecular complexity index is 398. The molecule has 0 aromatic heterocycles. The van der Waals surface area contributed by atoms with Gasteiger partial charge in [0.2, 0.25) is 0 Å². The summed E-state index contributed by atoms with van der Waals surface area (Å²) in [5, 5.41) is 10.8. The molecule has 0 radical (unpaired) electrons. The van der Waals surface area contributed by atoms with E-state index in [9.17, 15) is 10.1 Å².